The molecule has 2 aromatic heterocycles. The maximum atomic E-state index is 11.7. The molecular formula is C13H11NO2. The Morgan fingerprint density at radius 3 is 3.06 bits per heavy atom. The number of aromatic nitrogens is 1. The summed E-state index contributed by atoms with van der Waals surface area (Å²) in [6, 6.07) is 3.59. The first-order chi connectivity index (χ1) is 7.84. The van der Waals surface area contributed by atoms with E-state index in [1.165, 1.54) is 0 Å². The minimum absolute atomic E-state index is 0.289. The van der Waals surface area contributed by atoms with Gasteiger partial charge in [0, 0.05) is 11.8 Å². The normalized spacial score (nSPS) is 15.4. The van der Waals surface area contributed by atoms with Crippen LogP contribution in [0.2, 0.25) is 0 Å². The molecule has 0 saturated heterocycles. The summed E-state index contributed by atoms with van der Waals surface area (Å²) in [5.41, 5.74) is 1.27. The number of allylic oxidation sites excluding steroid dienone is 4. The van der Waals surface area contributed by atoms with Gasteiger partial charge in [0.2, 0.25) is 0 Å². The smallest absolute Gasteiger partial charge is 0.360 e. The van der Waals surface area contributed by atoms with E-state index in [0.29, 0.717) is 11.3 Å². The van der Waals surface area contributed by atoms with E-state index < -0.39 is 0 Å². The lowest BCUT2D eigenvalue weighted by molar-refractivity contribution is 0.496. The predicted octanol–water partition coefficient (Wildman–Crippen LogP) is 2.63. The Morgan fingerprint density at radius 2 is 2.25 bits per heavy atom. The molecule has 3 rings (SSSR count). The molecule has 0 amide bonds. The van der Waals surface area contributed by atoms with E-state index in [9.17, 15) is 4.79 Å². The Labute approximate surface area is 92.3 Å². The molecule has 0 fully saturated rings. The molecule has 0 bridgehead atoms. The van der Waals surface area contributed by atoms with Crippen molar-refractivity contribution in [1.29, 1.82) is 0 Å². The Morgan fingerprint density at radius 1 is 1.31 bits per heavy atom. The second-order valence-corrected chi connectivity index (χ2v) is 3.82. The summed E-state index contributed by atoms with van der Waals surface area (Å²) in [7, 11) is 0. The average molecular weight is 213 g/mol. The zero-order chi connectivity index (χ0) is 11.0. The molecule has 3 heteroatoms. The van der Waals surface area contributed by atoms with Gasteiger partial charge in [0.25, 0.3) is 0 Å². The third-order valence-corrected chi connectivity index (χ3v) is 2.73. The van der Waals surface area contributed by atoms with Crippen molar-refractivity contribution in [1.82, 2.24) is 4.40 Å². The van der Waals surface area contributed by atoms with Gasteiger partial charge in [-0.05, 0) is 25.0 Å². The standard InChI is InChI=1S/C13H11NO2/c15-13-11-7-4-8-14(11)9-12(16-13)10-5-2-1-3-6-10/h2,4-9H,1,3H2. The highest BCUT2D eigenvalue weighted by Crippen LogP contribution is 2.20. The van der Waals surface area contributed by atoms with E-state index in [1.807, 2.05) is 24.5 Å². The fraction of sp³-hybridized carbons (Fsp3) is 0.154. The lowest BCUT2D eigenvalue weighted by atomic mass is 10.1. The van der Waals surface area contributed by atoms with Crippen molar-refractivity contribution < 1.29 is 4.42 Å². The van der Waals surface area contributed by atoms with Crippen LogP contribution in [0.3, 0.4) is 0 Å². The van der Waals surface area contributed by atoms with E-state index in [2.05, 4.69) is 12.2 Å². The number of hydrogen-bond donors (Lipinski definition) is 0. The summed E-state index contributed by atoms with van der Waals surface area (Å²) in [4.78, 5) is 11.7. The third kappa shape index (κ3) is 1.41. The summed E-state index contributed by atoms with van der Waals surface area (Å²) >= 11 is 0. The fourth-order valence-electron chi connectivity index (χ4n) is 1.91. The maximum Gasteiger partial charge on any atom is 0.360 e. The first kappa shape index (κ1) is 9.21. The molecule has 0 N–H and O–H groups in total. The molecule has 2 aromatic rings. The third-order valence-electron chi connectivity index (χ3n) is 2.73. The topological polar surface area (TPSA) is 34.6 Å². The highest BCUT2D eigenvalue weighted by atomic mass is 16.4. The Kier molecular flexibility index (Phi) is 2.03. The molecular weight excluding hydrogens is 202 g/mol. The summed E-state index contributed by atoms with van der Waals surface area (Å²) in [6.07, 6.45) is 11.9. The summed E-state index contributed by atoms with van der Waals surface area (Å²) in [5, 5.41) is 0. The summed E-state index contributed by atoms with van der Waals surface area (Å²) in [5.74, 6) is 0.629. The summed E-state index contributed by atoms with van der Waals surface area (Å²) in [6.45, 7) is 0. The molecule has 0 aromatic carbocycles. The minimum Gasteiger partial charge on any atom is -0.420 e. The summed E-state index contributed by atoms with van der Waals surface area (Å²) < 4.78 is 7.09. The van der Waals surface area contributed by atoms with Gasteiger partial charge in [0.15, 0.2) is 5.76 Å². The predicted molar refractivity (Wildman–Crippen MR) is 62.3 cm³/mol. The van der Waals surface area contributed by atoms with E-state index in [0.717, 1.165) is 18.4 Å². The molecule has 3 nitrogen and oxygen atoms in total. The van der Waals surface area contributed by atoms with E-state index >= 15 is 0 Å². The fourth-order valence-corrected chi connectivity index (χ4v) is 1.91. The first-order valence-corrected chi connectivity index (χ1v) is 5.32. The highest BCUT2D eigenvalue weighted by Gasteiger charge is 2.07. The van der Waals surface area contributed by atoms with Crippen LogP contribution in [0.1, 0.15) is 18.6 Å². The van der Waals surface area contributed by atoms with Crippen molar-refractivity contribution in [2.45, 2.75) is 12.8 Å². The molecule has 1 aliphatic rings. The quantitative estimate of drug-likeness (QED) is 0.729. The molecule has 80 valence electrons. The molecule has 0 radical (unpaired) electrons. The van der Waals surface area contributed by atoms with Crippen LogP contribution < -0.4 is 5.63 Å². The highest BCUT2D eigenvalue weighted by molar-refractivity contribution is 5.71. The van der Waals surface area contributed by atoms with Gasteiger partial charge in [-0.3, -0.25) is 0 Å². The van der Waals surface area contributed by atoms with Crippen molar-refractivity contribution in [3.05, 3.63) is 58.9 Å². The maximum absolute atomic E-state index is 11.7. The Balaban J connectivity index is 2.21. The van der Waals surface area contributed by atoms with Gasteiger partial charge >= 0.3 is 5.63 Å². The number of fused-ring (bicyclic) bond motifs is 1. The molecule has 0 atom stereocenters. The van der Waals surface area contributed by atoms with Crippen LogP contribution in [0.15, 0.2) is 52.0 Å². The molecule has 0 saturated carbocycles. The van der Waals surface area contributed by atoms with Crippen molar-refractivity contribution in [3.63, 3.8) is 0 Å². The zero-order valence-electron chi connectivity index (χ0n) is 8.72. The molecule has 16 heavy (non-hydrogen) atoms. The number of nitrogens with zero attached hydrogens (tertiary/aromatic N) is 1. The van der Waals surface area contributed by atoms with Crippen molar-refractivity contribution in [2.24, 2.45) is 0 Å². The van der Waals surface area contributed by atoms with Crippen LogP contribution in [-0.2, 0) is 0 Å². The largest absolute Gasteiger partial charge is 0.420 e. The van der Waals surface area contributed by atoms with E-state index in [4.69, 9.17) is 4.42 Å². The van der Waals surface area contributed by atoms with Gasteiger partial charge in [-0.25, -0.2) is 4.79 Å². The van der Waals surface area contributed by atoms with Gasteiger partial charge in [-0.2, -0.15) is 0 Å². The second-order valence-electron chi connectivity index (χ2n) is 3.82. The van der Waals surface area contributed by atoms with E-state index in [-0.39, 0.29) is 5.63 Å². The molecule has 1 aliphatic carbocycles. The van der Waals surface area contributed by atoms with Crippen LogP contribution >= 0.6 is 0 Å². The minimum atomic E-state index is -0.289. The molecule has 0 aliphatic heterocycles. The van der Waals surface area contributed by atoms with Gasteiger partial charge < -0.3 is 8.82 Å². The lowest BCUT2D eigenvalue weighted by Crippen LogP contribution is -2.05. The average Bonchev–Trinajstić information content (AvgIpc) is 2.79. The number of rotatable bonds is 1. The van der Waals surface area contributed by atoms with Gasteiger partial charge in [-0.1, -0.05) is 18.2 Å². The van der Waals surface area contributed by atoms with Gasteiger partial charge in [-0.15, -0.1) is 0 Å². The number of hydrogen-bond acceptors (Lipinski definition) is 2. The Bertz CT molecular complexity index is 643. The van der Waals surface area contributed by atoms with Crippen LogP contribution in [0.5, 0.6) is 0 Å². The van der Waals surface area contributed by atoms with Crippen molar-refractivity contribution >= 4 is 11.1 Å². The zero-order valence-corrected chi connectivity index (χ0v) is 8.72. The van der Waals surface area contributed by atoms with Crippen LogP contribution in [0.4, 0.5) is 0 Å². The second kappa shape index (κ2) is 3.52. The van der Waals surface area contributed by atoms with Crippen LogP contribution in [-0.4, -0.2) is 4.40 Å². The van der Waals surface area contributed by atoms with E-state index in [1.54, 1.807) is 10.5 Å². The van der Waals surface area contributed by atoms with Crippen LogP contribution in [0, 0.1) is 0 Å². The Hall–Kier alpha value is -2.03. The lowest BCUT2D eigenvalue weighted by Gasteiger charge is -2.05. The van der Waals surface area contributed by atoms with Crippen LogP contribution in [0.25, 0.3) is 11.1 Å². The van der Waals surface area contributed by atoms with Crippen molar-refractivity contribution in [2.75, 3.05) is 0 Å². The molecule has 2 heterocycles. The molecule has 0 unspecified atom stereocenters. The monoisotopic (exact) mass is 213 g/mol. The molecule has 0 spiro atoms. The van der Waals surface area contributed by atoms with Crippen molar-refractivity contribution in [3.8, 4) is 0 Å². The SMILES string of the molecule is O=c1oc(C2=CCCC=C2)cn2cccc12. The first-order valence-electron chi connectivity index (χ1n) is 5.32. The van der Waals surface area contributed by atoms with Gasteiger partial charge in [0.05, 0.1) is 6.20 Å². The van der Waals surface area contributed by atoms with Gasteiger partial charge in [0.1, 0.15) is 5.52 Å².